The quantitative estimate of drug-likeness (QED) is 0.805. The first-order chi connectivity index (χ1) is 8.47. The van der Waals surface area contributed by atoms with Gasteiger partial charge in [-0.25, -0.2) is 0 Å². The number of aromatic nitrogens is 1. The summed E-state index contributed by atoms with van der Waals surface area (Å²) >= 11 is 0. The molecule has 0 aliphatic heterocycles. The molecule has 0 fully saturated rings. The Labute approximate surface area is 109 Å². The highest BCUT2D eigenvalue weighted by Gasteiger charge is 2.25. The maximum absolute atomic E-state index is 11.3. The summed E-state index contributed by atoms with van der Waals surface area (Å²) in [6.07, 6.45) is 3.82. The second kappa shape index (κ2) is 6.59. The number of amides is 1. The van der Waals surface area contributed by atoms with Gasteiger partial charge >= 0.3 is 0 Å². The Hall–Kier alpha value is -1.29. The van der Waals surface area contributed by atoms with Gasteiger partial charge in [0.15, 0.2) is 0 Å². The fourth-order valence-corrected chi connectivity index (χ4v) is 2.08. The summed E-state index contributed by atoms with van der Waals surface area (Å²) in [6.45, 7) is 6.76. The molecule has 0 bridgehead atoms. The Balaban J connectivity index is 2.60. The number of carbonyl (C=O) groups excluding carboxylic acids is 1. The average Bonchev–Trinajstić information content (AvgIpc) is 2.69. The first-order valence-electron chi connectivity index (χ1n) is 6.43. The van der Waals surface area contributed by atoms with E-state index in [1.54, 1.807) is 6.92 Å². The number of ether oxygens (including phenoxy) is 1. The van der Waals surface area contributed by atoms with Crippen LogP contribution in [0.25, 0.3) is 0 Å². The maximum atomic E-state index is 11.3. The van der Waals surface area contributed by atoms with Crippen molar-refractivity contribution in [3.8, 4) is 0 Å². The smallest absolute Gasteiger partial charge is 0.217 e. The number of aryl methyl sites for hydroxylation is 2. The molecule has 1 atom stereocenters. The molecule has 0 aromatic carbocycles. The molecule has 0 saturated carbocycles. The van der Waals surface area contributed by atoms with Crippen LogP contribution in [0.4, 0.5) is 0 Å². The highest BCUT2D eigenvalue weighted by Crippen LogP contribution is 2.15. The van der Waals surface area contributed by atoms with Crippen molar-refractivity contribution in [2.45, 2.75) is 39.2 Å². The van der Waals surface area contributed by atoms with Crippen LogP contribution >= 0.6 is 0 Å². The third-order valence-corrected chi connectivity index (χ3v) is 3.09. The minimum absolute atomic E-state index is 0.0101. The third kappa shape index (κ3) is 4.53. The molecule has 1 N–H and O–H groups in total. The molecule has 18 heavy (non-hydrogen) atoms. The van der Waals surface area contributed by atoms with E-state index >= 15 is 0 Å². The molecular formula is C14H24N2O2. The Bertz CT molecular complexity index is 387. The molecule has 4 heteroatoms. The van der Waals surface area contributed by atoms with Crippen LogP contribution in [0.15, 0.2) is 18.3 Å². The zero-order chi connectivity index (χ0) is 13.6. The van der Waals surface area contributed by atoms with Crippen LogP contribution in [-0.4, -0.2) is 29.2 Å². The number of hydrogen-bond acceptors (Lipinski definition) is 2. The second-order valence-electron chi connectivity index (χ2n) is 4.99. The number of nitrogens with one attached hydrogen (secondary N) is 1. The van der Waals surface area contributed by atoms with Gasteiger partial charge in [0.05, 0.1) is 12.1 Å². The summed E-state index contributed by atoms with van der Waals surface area (Å²) in [6, 6.07) is 4.14. The molecule has 1 amide bonds. The Morgan fingerprint density at radius 3 is 2.78 bits per heavy atom. The van der Waals surface area contributed by atoms with Crippen molar-refractivity contribution < 1.29 is 9.53 Å². The molecule has 4 nitrogen and oxygen atoms in total. The molecule has 0 aliphatic rings. The van der Waals surface area contributed by atoms with Gasteiger partial charge in [-0.15, -0.1) is 0 Å². The Morgan fingerprint density at radius 2 is 2.28 bits per heavy atom. The van der Waals surface area contributed by atoms with E-state index in [4.69, 9.17) is 4.74 Å². The third-order valence-electron chi connectivity index (χ3n) is 3.09. The van der Waals surface area contributed by atoms with Gasteiger partial charge < -0.3 is 14.6 Å². The van der Waals surface area contributed by atoms with Gasteiger partial charge in [0.1, 0.15) is 0 Å². The minimum atomic E-state index is -0.299. The van der Waals surface area contributed by atoms with Gasteiger partial charge in [-0.05, 0) is 38.8 Å². The maximum Gasteiger partial charge on any atom is 0.217 e. The SMILES string of the molecule is CCOC[C@@](C)(CCc1cccn1C)NC(C)=O. The molecule has 1 rings (SSSR count). The van der Waals surface area contributed by atoms with E-state index in [0.29, 0.717) is 13.2 Å². The minimum Gasteiger partial charge on any atom is -0.379 e. The lowest BCUT2D eigenvalue weighted by atomic mass is 9.95. The summed E-state index contributed by atoms with van der Waals surface area (Å²) in [5.41, 5.74) is 0.967. The van der Waals surface area contributed by atoms with E-state index in [1.165, 1.54) is 5.69 Å². The van der Waals surface area contributed by atoms with Crippen molar-refractivity contribution in [3.05, 3.63) is 24.0 Å². The van der Waals surface area contributed by atoms with Gasteiger partial charge in [-0.1, -0.05) is 0 Å². The largest absolute Gasteiger partial charge is 0.379 e. The van der Waals surface area contributed by atoms with Crippen molar-refractivity contribution in [2.24, 2.45) is 7.05 Å². The van der Waals surface area contributed by atoms with Crippen LogP contribution in [-0.2, 0) is 23.0 Å². The average molecular weight is 252 g/mol. The van der Waals surface area contributed by atoms with Crippen LogP contribution in [0, 0.1) is 0 Å². The van der Waals surface area contributed by atoms with Crippen molar-refractivity contribution in [2.75, 3.05) is 13.2 Å². The number of carbonyl (C=O) groups is 1. The zero-order valence-electron chi connectivity index (χ0n) is 11.8. The monoisotopic (exact) mass is 252 g/mol. The van der Waals surface area contributed by atoms with Crippen molar-refractivity contribution in [1.82, 2.24) is 9.88 Å². The standard InChI is InChI=1S/C14H24N2O2/c1-5-18-11-14(3,15-12(2)17)9-8-13-7-6-10-16(13)4/h6-7,10H,5,8-9,11H2,1-4H3,(H,15,17)/t14-/m1/s1. The lowest BCUT2D eigenvalue weighted by Crippen LogP contribution is -2.49. The van der Waals surface area contributed by atoms with Crippen molar-refractivity contribution in [3.63, 3.8) is 0 Å². The van der Waals surface area contributed by atoms with E-state index in [-0.39, 0.29) is 11.4 Å². The molecule has 1 heterocycles. The molecule has 0 aliphatic carbocycles. The molecule has 1 aromatic heterocycles. The summed E-state index contributed by atoms with van der Waals surface area (Å²) < 4.78 is 7.58. The van der Waals surface area contributed by atoms with Crippen LogP contribution in [0.3, 0.4) is 0 Å². The van der Waals surface area contributed by atoms with Gasteiger partial charge in [-0.3, -0.25) is 4.79 Å². The first-order valence-corrected chi connectivity index (χ1v) is 6.43. The highest BCUT2D eigenvalue weighted by atomic mass is 16.5. The molecule has 1 aromatic rings. The lowest BCUT2D eigenvalue weighted by Gasteiger charge is -2.30. The van der Waals surface area contributed by atoms with Crippen LogP contribution < -0.4 is 5.32 Å². The molecule has 102 valence electrons. The molecule has 0 radical (unpaired) electrons. The predicted molar refractivity (Wildman–Crippen MR) is 72.4 cm³/mol. The fourth-order valence-electron chi connectivity index (χ4n) is 2.08. The normalized spacial score (nSPS) is 14.2. The molecular weight excluding hydrogens is 228 g/mol. The fraction of sp³-hybridized carbons (Fsp3) is 0.643. The molecule has 0 unspecified atom stereocenters. The molecule has 0 saturated heterocycles. The van der Waals surface area contributed by atoms with Gasteiger partial charge in [0, 0.05) is 32.5 Å². The number of hydrogen-bond donors (Lipinski definition) is 1. The Kier molecular flexibility index (Phi) is 5.41. The summed E-state index contributed by atoms with van der Waals surface area (Å²) in [4.78, 5) is 11.3. The number of rotatable bonds is 7. The zero-order valence-corrected chi connectivity index (χ0v) is 11.8. The van der Waals surface area contributed by atoms with E-state index in [0.717, 1.165) is 12.8 Å². The van der Waals surface area contributed by atoms with Crippen molar-refractivity contribution >= 4 is 5.91 Å². The highest BCUT2D eigenvalue weighted by molar-refractivity contribution is 5.73. The summed E-state index contributed by atoms with van der Waals surface area (Å²) in [7, 11) is 2.04. The van der Waals surface area contributed by atoms with Crippen LogP contribution in [0.2, 0.25) is 0 Å². The number of nitrogens with zero attached hydrogens (tertiary/aromatic N) is 1. The first kappa shape index (κ1) is 14.8. The van der Waals surface area contributed by atoms with Gasteiger partial charge in [0.25, 0.3) is 0 Å². The predicted octanol–water partition coefficient (Wildman–Crippen LogP) is 1.89. The van der Waals surface area contributed by atoms with E-state index in [9.17, 15) is 4.79 Å². The summed E-state index contributed by atoms with van der Waals surface area (Å²) in [5.74, 6) is -0.0101. The molecule has 0 spiro atoms. The van der Waals surface area contributed by atoms with Crippen molar-refractivity contribution in [1.29, 1.82) is 0 Å². The van der Waals surface area contributed by atoms with E-state index < -0.39 is 0 Å². The lowest BCUT2D eigenvalue weighted by molar-refractivity contribution is -0.121. The van der Waals surface area contributed by atoms with E-state index in [2.05, 4.69) is 16.0 Å². The summed E-state index contributed by atoms with van der Waals surface area (Å²) in [5, 5.41) is 3.00. The van der Waals surface area contributed by atoms with Gasteiger partial charge in [-0.2, -0.15) is 0 Å². The second-order valence-corrected chi connectivity index (χ2v) is 4.99. The van der Waals surface area contributed by atoms with E-state index in [1.807, 2.05) is 33.2 Å². The van der Waals surface area contributed by atoms with Gasteiger partial charge in [0.2, 0.25) is 5.91 Å². The van der Waals surface area contributed by atoms with Crippen LogP contribution in [0.5, 0.6) is 0 Å². The van der Waals surface area contributed by atoms with Crippen LogP contribution in [0.1, 0.15) is 32.9 Å². The topological polar surface area (TPSA) is 43.3 Å². The Morgan fingerprint density at radius 1 is 1.56 bits per heavy atom.